The van der Waals surface area contributed by atoms with Gasteiger partial charge in [0.1, 0.15) is 0 Å². The van der Waals surface area contributed by atoms with Gasteiger partial charge in [0.15, 0.2) is 0 Å². The summed E-state index contributed by atoms with van der Waals surface area (Å²) in [6.45, 7) is 4.29. The van der Waals surface area contributed by atoms with Crippen LogP contribution in [0.2, 0.25) is 0 Å². The Morgan fingerprint density at radius 1 is 1.04 bits per heavy atom. The Balaban J connectivity index is 1.55. The molecule has 136 valence electrons. The van der Waals surface area contributed by atoms with E-state index in [0.717, 1.165) is 6.54 Å². The molecule has 2 aromatic carbocycles. The smallest absolute Gasteiger partial charge is 0.330 e. The van der Waals surface area contributed by atoms with Crippen molar-refractivity contribution < 1.29 is 14.3 Å². The second-order valence-corrected chi connectivity index (χ2v) is 6.33. The van der Waals surface area contributed by atoms with Crippen molar-refractivity contribution in [3.8, 4) is 0 Å². The van der Waals surface area contributed by atoms with Gasteiger partial charge in [-0.1, -0.05) is 66.7 Å². The second kappa shape index (κ2) is 9.32. The van der Waals surface area contributed by atoms with Crippen LogP contribution in [0.4, 0.5) is 0 Å². The van der Waals surface area contributed by atoms with Crippen LogP contribution in [0.15, 0.2) is 72.8 Å². The van der Waals surface area contributed by atoms with Gasteiger partial charge in [0, 0.05) is 18.7 Å². The molecule has 1 aliphatic rings. The summed E-state index contributed by atoms with van der Waals surface area (Å²) in [5.41, 5.74) is 2.42. The van der Waals surface area contributed by atoms with E-state index in [-0.39, 0.29) is 18.1 Å². The number of nitrogens with zero attached hydrogens (tertiary/aromatic N) is 1. The molecule has 0 saturated carbocycles. The molecule has 4 heteroatoms. The van der Waals surface area contributed by atoms with E-state index in [1.165, 1.54) is 17.2 Å². The van der Waals surface area contributed by atoms with Crippen molar-refractivity contribution in [3.63, 3.8) is 0 Å². The Bertz CT molecular complexity index is 715. The number of benzene rings is 2. The van der Waals surface area contributed by atoms with Gasteiger partial charge in [-0.15, -0.1) is 0 Å². The van der Waals surface area contributed by atoms with Crippen LogP contribution in [0.1, 0.15) is 18.1 Å². The first-order valence-electron chi connectivity index (χ1n) is 9.04. The van der Waals surface area contributed by atoms with Crippen molar-refractivity contribution in [1.82, 2.24) is 4.90 Å². The van der Waals surface area contributed by atoms with Crippen LogP contribution in [0.5, 0.6) is 0 Å². The maximum atomic E-state index is 11.6. The van der Waals surface area contributed by atoms with Gasteiger partial charge in [-0.2, -0.15) is 0 Å². The SMILES string of the molecule is CCOC(=O)/C=C/C1C(COCc2ccccc2)N1Cc1ccccc1. The van der Waals surface area contributed by atoms with E-state index in [4.69, 9.17) is 9.47 Å². The number of ether oxygens (including phenoxy) is 2. The molecule has 26 heavy (non-hydrogen) atoms. The average molecular weight is 351 g/mol. The summed E-state index contributed by atoms with van der Waals surface area (Å²) < 4.78 is 10.9. The third-order valence-electron chi connectivity index (χ3n) is 4.44. The van der Waals surface area contributed by atoms with Crippen molar-refractivity contribution in [2.75, 3.05) is 13.2 Å². The maximum absolute atomic E-state index is 11.6. The first kappa shape index (κ1) is 18.4. The fourth-order valence-corrected chi connectivity index (χ4v) is 3.04. The van der Waals surface area contributed by atoms with Crippen molar-refractivity contribution in [1.29, 1.82) is 0 Å². The first-order valence-corrected chi connectivity index (χ1v) is 9.04. The second-order valence-electron chi connectivity index (χ2n) is 6.33. The Labute approximate surface area is 155 Å². The summed E-state index contributed by atoms with van der Waals surface area (Å²) in [7, 11) is 0. The van der Waals surface area contributed by atoms with Crippen LogP contribution >= 0.6 is 0 Å². The molecule has 0 aromatic heterocycles. The molecule has 0 radical (unpaired) electrons. The topological polar surface area (TPSA) is 38.5 Å². The molecule has 0 N–H and O–H groups in total. The highest BCUT2D eigenvalue weighted by Gasteiger charge is 2.45. The number of hydrogen-bond acceptors (Lipinski definition) is 4. The molecular weight excluding hydrogens is 326 g/mol. The van der Waals surface area contributed by atoms with Crippen LogP contribution in [0, 0.1) is 0 Å². The van der Waals surface area contributed by atoms with E-state index in [9.17, 15) is 4.79 Å². The standard InChI is InChI=1S/C22H25NO3/c1-2-26-22(24)14-13-20-21(17-25-16-19-11-7-4-8-12-19)23(20)15-18-9-5-3-6-10-18/h3-14,20-21H,2,15-17H2,1H3/b14-13+. The minimum absolute atomic E-state index is 0.204. The number of hydrogen-bond donors (Lipinski definition) is 0. The molecule has 1 aliphatic heterocycles. The van der Waals surface area contributed by atoms with E-state index in [1.807, 2.05) is 49.4 Å². The first-order chi connectivity index (χ1) is 12.8. The van der Waals surface area contributed by atoms with Crippen LogP contribution < -0.4 is 0 Å². The summed E-state index contributed by atoms with van der Waals surface area (Å²) in [5.74, 6) is -0.289. The monoisotopic (exact) mass is 351 g/mol. The van der Waals surface area contributed by atoms with Crippen LogP contribution in [-0.2, 0) is 27.4 Å². The minimum Gasteiger partial charge on any atom is -0.463 e. The van der Waals surface area contributed by atoms with E-state index < -0.39 is 0 Å². The number of rotatable bonds is 9. The Kier molecular flexibility index (Phi) is 6.58. The summed E-state index contributed by atoms with van der Waals surface area (Å²) in [5, 5.41) is 0. The minimum atomic E-state index is -0.289. The van der Waals surface area contributed by atoms with Crippen LogP contribution in [-0.4, -0.2) is 36.2 Å². The predicted octanol–water partition coefficient (Wildman–Crippen LogP) is 3.58. The third kappa shape index (κ3) is 5.28. The van der Waals surface area contributed by atoms with Gasteiger partial charge in [-0.3, -0.25) is 4.90 Å². The molecule has 0 amide bonds. The zero-order chi connectivity index (χ0) is 18.2. The molecule has 0 spiro atoms. The largest absolute Gasteiger partial charge is 0.463 e. The van der Waals surface area contributed by atoms with Gasteiger partial charge in [0.25, 0.3) is 0 Å². The van der Waals surface area contributed by atoms with Gasteiger partial charge >= 0.3 is 5.97 Å². The van der Waals surface area contributed by atoms with Gasteiger partial charge < -0.3 is 9.47 Å². The molecule has 3 unspecified atom stereocenters. The summed E-state index contributed by atoms with van der Waals surface area (Å²) in [4.78, 5) is 13.9. The highest BCUT2D eigenvalue weighted by molar-refractivity contribution is 5.82. The molecule has 3 rings (SSSR count). The zero-order valence-electron chi connectivity index (χ0n) is 15.1. The summed E-state index contributed by atoms with van der Waals surface area (Å²) in [6, 6.07) is 21.0. The maximum Gasteiger partial charge on any atom is 0.330 e. The van der Waals surface area contributed by atoms with Crippen LogP contribution in [0.3, 0.4) is 0 Å². The number of esters is 1. The molecule has 0 aliphatic carbocycles. The van der Waals surface area contributed by atoms with Gasteiger partial charge in [0.05, 0.1) is 25.9 Å². The lowest BCUT2D eigenvalue weighted by molar-refractivity contribution is -0.137. The van der Waals surface area contributed by atoms with Crippen LogP contribution in [0.25, 0.3) is 0 Å². The highest BCUT2D eigenvalue weighted by atomic mass is 16.5. The quantitative estimate of drug-likeness (QED) is 0.393. The van der Waals surface area contributed by atoms with Gasteiger partial charge in [-0.25, -0.2) is 4.79 Å². The summed E-state index contributed by atoms with van der Waals surface area (Å²) >= 11 is 0. The van der Waals surface area contributed by atoms with Crippen molar-refractivity contribution in [3.05, 3.63) is 83.9 Å². The van der Waals surface area contributed by atoms with E-state index in [1.54, 1.807) is 0 Å². The lowest BCUT2D eigenvalue weighted by atomic mass is 10.2. The number of carbonyl (C=O) groups is 1. The third-order valence-corrected chi connectivity index (χ3v) is 4.44. The molecule has 1 saturated heterocycles. The van der Waals surface area contributed by atoms with E-state index in [0.29, 0.717) is 19.8 Å². The predicted molar refractivity (Wildman–Crippen MR) is 101 cm³/mol. The Morgan fingerprint density at radius 2 is 1.69 bits per heavy atom. The fourth-order valence-electron chi connectivity index (χ4n) is 3.04. The highest BCUT2D eigenvalue weighted by Crippen LogP contribution is 2.32. The van der Waals surface area contributed by atoms with Crippen molar-refractivity contribution in [2.45, 2.75) is 32.2 Å². The molecule has 1 heterocycles. The van der Waals surface area contributed by atoms with Crippen molar-refractivity contribution >= 4 is 5.97 Å². The zero-order valence-corrected chi connectivity index (χ0v) is 15.1. The van der Waals surface area contributed by atoms with E-state index in [2.05, 4.69) is 29.2 Å². The van der Waals surface area contributed by atoms with Gasteiger partial charge in [-0.05, 0) is 18.1 Å². The Morgan fingerprint density at radius 3 is 2.35 bits per heavy atom. The lowest BCUT2D eigenvalue weighted by Gasteiger charge is -2.05. The normalized spacial score (nSPS) is 21.7. The van der Waals surface area contributed by atoms with Gasteiger partial charge in [0.2, 0.25) is 0 Å². The van der Waals surface area contributed by atoms with E-state index >= 15 is 0 Å². The molecule has 2 aromatic rings. The molecular formula is C22H25NO3. The molecule has 0 bridgehead atoms. The lowest BCUT2D eigenvalue weighted by Crippen LogP contribution is -2.08. The molecule has 4 nitrogen and oxygen atoms in total. The molecule has 1 fully saturated rings. The average Bonchev–Trinajstić information content (AvgIpc) is 3.32. The molecule has 3 atom stereocenters. The Hall–Kier alpha value is -2.43. The summed E-state index contributed by atoms with van der Waals surface area (Å²) in [6.07, 6.45) is 3.46. The fraction of sp³-hybridized carbons (Fsp3) is 0.318. The number of carbonyl (C=O) groups excluding carboxylic acids is 1. The van der Waals surface area contributed by atoms with Crippen molar-refractivity contribution in [2.24, 2.45) is 0 Å².